The number of ether oxygens (including phenoxy) is 1. The Morgan fingerprint density at radius 3 is 2.70 bits per heavy atom. The van der Waals surface area contributed by atoms with Crippen molar-refractivity contribution in [2.45, 2.75) is 37.1 Å². The van der Waals surface area contributed by atoms with Crippen LogP contribution < -0.4 is 5.32 Å². The summed E-state index contributed by atoms with van der Waals surface area (Å²) in [7, 11) is 0. The van der Waals surface area contributed by atoms with Gasteiger partial charge < -0.3 is 10.1 Å². The van der Waals surface area contributed by atoms with E-state index in [1.807, 2.05) is 26.0 Å². The number of nitrogens with one attached hydrogen (secondary N) is 1. The number of pyridine rings is 1. The highest BCUT2D eigenvalue weighted by Crippen LogP contribution is 2.43. The first-order chi connectivity index (χ1) is 9.73. The van der Waals surface area contributed by atoms with E-state index in [0.29, 0.717) is 18.3 Å². The molecule has 0 saturated heterocycles. The van der Waals surface area contributed by atoms with E-state index in [0.717, 1.165) is 24.3 Å². The maximum Gasteiger partial charge on any atom is 0.327 e. The molecule has 1 fully saturated rings. The molecular formula is C15H22N2O2S. The quantitative estimate of drug-likeness (QED) is 0.590. The van der Waals surface area contributed by atoms with Crippen LogP contribution in [0.25, 0.3) is 0 Å². The zero-order valence-corrected chi connectivity index (χ0v) is 12.9. The van der Waals surface area contributed by atoms with E-state index in [2.05, 4.69) is 10.3 Å². The third-order valence-corrected chi connectivity index (χ3v) is 4.73. The molecular weight excluding hydrogens is 272 g/mol. The van der Waals surface area contributed by atoms with Gasteiger partial charge in [-0.3, -0.25) is 9.78 Å². The van der Waals surface area contributed by atoms with E-state index in [-0.39, 0.29) is 5.97 Å². The molecule has 1 N–H and O–H groups in total. The van der Waals surface area contributed by atoms with Crippen molar-refractivity contribution in [2.24, 2.45) is 5.92 Å². The summed E-state index contributed by atoms with van der Waals surface area (Å²) >= 11 is 1.69. The smallest absolute Gasteiger partial charge is 0.327 e. The van der Waals surface area contributed by atoms with Crippen LogP contribution in [0, 0.1) is 5.92 Å². The molecule has 0 radical (unpaired) electrons. The lowest BCUT2D eigenvalue weighted by molar-refractivity contribution is -0.151. The van der Waals surface area contributed by atoms with Crippen LogP contribution in [0.3, 0.4) is 0 Å². The molecule has 5 heteroatoms. The Hall–Kier alpha value is -1.07. The lowest BCUT2D eigenvalue weighted by atomic mass is 9.95. The Bertz CT molecular complexity index is 437. The number of hydrogen-bond donors (Lipinski definition) is 1. The topological polar surface area (TPSA) is 51.2 Å². The van der Waals surface area contributed by atoms with Gasteiger partial charge in [0.1, 0.15) is 5.54 Å². The predicted octanol–water partition coefficient (Wildman–Crippen LogP) is 2.50. The van der Waals surface area contributed by atoms with E-state index in [9.17, 15) is 4.79 Å². The second-order valence-corrected chi connectivity index (χ2v) is 6.02. The minimum atomic E-state index is -0.543. The molecule has 1 aromatic rings. The fourth-order valence-corrected chi connectivity index (χ4v) is 3.56. The standard InChI is InChI=1S/C15H22N2O2S/c1-3-17-15(12-5-6-12,14(18)19-4-2)11-20-13-7-9-16-10-8-13/h7-10,12,17H,3-6,11H2,1-2H3. The van der Waals surface area contributed by atoms with Crippen LogP contribution in [-0.2, 0) is 9.53 Å². The van der Waals surface area contributed by atoms with Gasteiger partial charge in [0.15, 0.2) is 0 Å². The second kappa shape index (κ2) is 7.09. The van der Waals surface area contributed by atoms with Crippen molar-refractivity contribution in [1.29, 1.82) is 0 Å². The Balaban J connectivity index is 2.10. The highest BCUT2D eigenvalue weighted by molar-refractivity contribution is 7.99. The van der Waals surface area contributed by atoms with Gasteiger partial charge in [-0.2, -0.15) is 0 Å². The summed E-state index contributed by atoms with van der Waals surface area (Å²) in [6, 6.07) is 3.94. The van der Waals surface area contributed by atoms with E-state index in [1.54, 1.807) is 24.2 Å². The maximum absolute atomic E-state index is 12.4. The number of aromatic nitrogens is 1. The molecule has 1 heterocycles. The van der Waals surface area contributed by atoms with Gasteiger partial charge in [0.25, 0.3) is 0 Å². The zero-order valence-electron chi connectivity index (χ0n) is 12.1. The van der Waals surface area contributed by atoms with E-state index in [1.165, 1.54) is 0 Å². The molecule has 1 aliphatic rings. The van der Waals surface area contributed by atoms with Gasteiger partial charge in [0.2, 0.25) is 0 Å². The number of hydrogen-bond acceptors (Lipinski definition) is 5. The van der Waals surface area contributed by atoms with Crippen LogP contribution in [0.4, 0.5) is 0 Å². The van der Waals surface area contributed by atoms with E-state index in [4.69, 9.17) is 4.74 Å². The minimum absolute atomic E-state index is 0.106. The number of carbonyl (C=O) groups is 1. The van der Waals surface area contributed by atoms with Crippen molar-refractivity contribution in [3.63, 3.8) is 0 Å². The van der Waals surface area contributed by atoms with Crippen LogP contribution in [-0.4, -0.2) is 35.4 Å². The van der Waals surface area contributed by atoms with Gasteiger partial charge in [0, 0.05) is 23.0 Å². The van der Waals surface area contributed by atoms with Crippen molar-refractivity contribution >= 4 is 17.7 Å². The number of thioether (sulfide) groups is 1. The van der Waals surface area contributed by atoms with Crippen molar-refractivity contribution in [3.05, 3.63) is 24.5 Å². The van der Waals surface area contributed by atoms with Gasteiger partial charge in [-0.05, 0) is 44.4 Å². The monoisotopic (exact) mass is 294 g/mol. The molecule has 110 valence electrons. The maximum atomic E-state index is 12.4. The molecule has 4 nitrogen and oxygen atoms in total. The third kappa shape index (κ3) is 3.52. The van der Waals surface area contributed by atoms with Gasteiger partial charge in [-0.1, -0.05) is 6.92 Å². The van der Waals surface area contributed by atoms with Gasteiger partial charge >= 0.3 is 5.97 Å². The van der Waals surface area contributed by atoms with E-state index >= 15 is 0 Å². The fraction of sp³-hybridized carbons (Fsp3) is 0.600. The first kappa shape index (κ1) is 15.3. The molecule has 0 aliphatic heterocycles. The number of likely N-dealkylation sites (N-methyl/N-ethyl adjacent to an activating group) is 1. The van der Waals surface area contributed by atoms with Gasteiger partial charge in [-0.25, -0.2) is 0 Å². The van der Waals surface area contributed by atoms with E-state index < -0.39 is 5.54 Å². The normalized spacial score (nSPS) is 17.5. The van der Waals surface area contributed by atoms with Crippen LogP contribution in [0.2, 0.25) is 0 Å². The summed E-state index contributed by atoms with van der Waals surface area (Å²) in [5.74, 6) is 0.996. The molecule has 1 aromatic heterocycles. The van der Waals surface area contributed by atoms with Gasteiger partial charge in [-0.15, -0.1) is 11.8 Å². The Labute approximate surface area is 124 Å². The number of nitrogens with zero attached hydrogens (tertiary/aromatic N) is 1. The number of esters is 1. The lowest BCUT2D eigenvalue weighted by Gasteiger charge is -2.32. The van der Waals surface area contributed by atoms with Crippen molar-refractivity contribution in [3.8, 4) is 0 Å². The van der Waals surface area contributed by atoms with Crippen LogP contribution in [0.1, 0.15) is 26.7 Å². The number of carbonyl (C=O) groups excluding carboxylic acids is 1. The van der Waals surface area contributed by atoms with Crippen molar-refractivity contribution in [1.82, 2.24) is 10.3 Å². The Kier molecular flexibility index (Phi) is 5.43. The first-order valence-electron chi connectivity index (χ1n) is 7.18. The molecule has 0 amide bonds. The minimum Gasteiger partial charge on any atom is -0.465 e. The van der Waals surface area contributed by atoms with Crippen LogP contribution in [0.5, 0.6) is 0 Å². The molecule has 1 unspecified atom stereocenters. The average molecular weight is 294 g/mol. The predicted molar refractivity (Wildman–Crippen MR) is 80.7 cm³/mol. The highest BCUT2D eigenvalue weighted by Gasteiger charge is 2.51. The summed E-state index contributed by atoms with van der Waals surface area (Å²) in [6.07, 6.45) is 5.75. The summed E-state index contributed by atoms with van der Waals surface area (Å²) in [5, 5.41) is 3.40. The first-order valence-corrected chi connectivity index (χ1v) is 8.16. The van der Waals surface area contributed by atoms with Crippen LogP contribution in [0.15, 0.2) is 29.4 Å². The summed E-state index contributed by atoms with van der Waals surface area (Å²) in [5.41, 5.74) is -0.543. The fourth-order valence-electron chi connectivity index (χ4n) is 2.39. The number of rotatable bonds is 8. The molecule has 20 heavy (non-hydrogen) atoms. The molecule has 1 atom stereocenters. The van der Waals surface area contributed by atoms with Crippen molar-refractivity contribution in [2.75, 3.05) is 18.9 Å². The molecule has 0 spiro atoms. The average Bonchev–Trinajstić information content (AvgIpc) is 3.30. The Morgan fingerprint density at radius 1 is 1.45 bits per heavy atom. The van der Waals surface area contributed by atoms with Crippen LogP contribution >= 0.6 is 11.8 Å². The summed E-state index contributed by atoms with van der Waals surface area (Å²) in [6.45, 7) is 5.09. The SMILES string of the molecule is CCNC(CSc1ccncc1)(C(=O)OCC)C1CC1. The largest absolute Gasteiger partial charge is 0.465 e. The third-order valence-electron chi connectivity index (χ3n) is 3.52. The molecule has 0 aromatic carbocycles. The Morgan fingerprint density at radius 2 is 2.15 bits per heavy atom. The highest BCUT2D eigenvalue weighted by atomic mass is 32.2. The molecule has 2 rings (SSSR count). The summed E-state index contributed by atoms with van der Waals surface area (Å²) in [4.78, 5) is 17.6. The molecule has 1 saturated carbocycles. The summed E-state index contributed by atoms with van der Waals surface area (Å²) < 4.78 is 5.32. The molecule has 1 aliphatic carbocycles. The van der Waals surface area contributed by atoms with Gasteiger partial charge in [0.05, 0.1) is 6.61 Å². The van der Waals surface area contributed by atoms with Crippen molar-refractivity contribution < 1.29 is 9.53 Å². The zero-order chi connectivity index (χ0) is 14.4. The lowest BCUT2D eigenvalue weighted by Crippen LogP contribution is -2.57. The molecule has 0 bridgehead atoms. The second-order valence-electron chi connectivity index (χ2n) is 4.97.